The maximum absolute atomic E-state index is 12.3. The zero-order valence-electron chi connectivity index (χ0n) is 18.2. The lowest BCUT2D eigenvalue weighted by Gasteiger charge is -2.07. The van der Waals surface area contributed by atoms with E-state index in [4.69, 9.17) is 4.74 Å². The van der Waals surface area contributed by atoms with Gasteiger partial charge in [0, 0.05) is 5.56 Å². The Bertz CT molecular complexity index is 1120. The van der Waals surface area contributed by atoms with Crippen LogP contribution in [0.1, 0.15) is 50.2 Å². The van der Waals surface area contributed by atoms with Crippen LogP contribution in [0.3, 0.4) is 0 Å². The summed E-state index contributed by atoms with van der Waals surface area (Å²) in [6, 6.07) is 18.6. The third kappa shape index (κ3) is 6.54. The number of ether oxygens (including phenoxy) is 1. The SMILES string of the molecule is CCCCCCCOc1ccc(C=NNc2nc(-c3ccccc3)c(C#N)c(=O)[nH]2)cc1. The highest BCUT2D eigenvalue weighted by molar-refractivity contribution is 5.80. The Hall–Kier alpha value is -3.92. The highest BCUT2D eigenvalue weighted by atomic mass is 16.5. The number of hydrazone groups is 1. The Morgan fingerprint density at radius 2 is 1.84 bits per heavy atom. The highest BCUT2D eigenvalue weighted by Crippen LogP contribution is 2.19. The molecule has 0 amide bonds. The number of hydrogen-bond acceptors (Lipinski definition) is 6. The molecule has 0 bridgehead atoms. The van der Waals surface area contributed by atoms with Crippen LogP contribution in [0.15, 0.2) is 64.5 Å². The summed E-state index contributed by atoms with van der Waals surface area (Å²) in [6.45, 7) is 2.93. The summed E-state index contributed by atoms with van der Waals surface area (Å²) in [5, 5.41) is 13.5. The summed E-state index contributed by atoms with van der Waals surface area (Å²) >= 11 is 0. The molecule has 0 saturated heterocycles. The smallest absolute Gasteiger partial charge is 0.270 e. The molecular weight excluding hydrogens is 402 g/mol. The number of hydrogen-bond donors (Lipinski definition) is 2. The van der Waals surface area contributed by atoms with Gasteiger partial charge in [-0.2, -0.15) is 10.4 Å². The molecule has 3 rings (SSSR count). The molecule has 0 aliphatic carbocycles. The summed E-state index contributed by atoms with van der Waals surface area (Å²) in [5.74, 6) is 0.989. The van der Waals surface area contributed by atoms with Crippen LogP contribution < -0.4 is 15.7 Å². The molecule has 0 spiro atoms. The Morgan fingerprint density at radius 1 is 1.09 bits per heavy atom. The number of nitriles is 1. The van der Waals surface area contributed by atoms with E-state index in [1.807, 2.05) is 48.5 Å². The fourth-order valence-electron chi connectivity index (χ4n) is 3.15. The van der Waals surface area contributed by atoms with Crippen LogP contribution in [-0.2, 0) is 0 Å². The lowest BCUT2D eigenvalue weighted by molar-refractivity contribution is 0.304. The molecule has 0 aliphatic heterocycles. The van der Waals surface area contributed by atoms with Crippen LogP contribution in [0.4, 0.5) is 5.95 Å². The Kier molecular flexibility index (Phi) is 8.58. The molecule has 0 fully saturated rings. The van der Waals surface area contributed by atoms with E-state index in [0.29, 0.717) is 11.3 Å². The molecule has 2 aromatic carbocycles. The van der Waals surface area contributed by atoms with Crippen LogP contribution in [-0.4, -0.2) is 22.8 Å². The minimum atomic E-state index is -0.518. The second-order valence-electron chi connectivity index (χ2n) is 7.32. The Labute approximate surface area is 187 Å². The molecule has 7 heteroatoms. The van der Waals surface area contributed by atoms with Gasteiger partial charge in [-0.15, -0.1) is 0 Å². The number of benzene rings is 2. The van der Waals surface area contributed by atoms with E-state index >= 15 is 0 Å². The summed E-state index contributed by atoms with van der Waals surface area (Å²) in [4.78, 5) is 19.2. The second kappa shape index (κ2) is 12.1. The topological polar surface area (TPSA) is 103 Å². The van der Waals surface area contributed by atoms with E-state index in [0.717, 1.165) is 24.3 Å². The molecular formula is C25H27N5O2. The molecule has 0 aliphatic rings. The number of anilines is 1. The average Bonchev–Trinajstić information content (AvgIpc) is 2.82. The maximum Gasteiger partial charge on any atom is 0.270 e. The summed E-state index contributed by atoms with van der Waals surface area (Å²) in [7, 11) is 0. The third-order valence-corrected chi connectivity index (χ3v) is 4.86. The summed E-state index contributed by atoms with van der Waals surface area (Å²) < 4.78 is 5.77. The Balaban J connectivity index is 1.59. The van der Waals surface area contributed by atoms with Gasteiger partial charge in [-0.05, 0) is 36.2 Å². The predicted molar refractivity (Wildman–Crippen MR) is 127 cm³/mol. The lowest BCUT2D eigenvalue weighted by atomic mass is 10.1. The molecule has 3 aromatic rings. The van der Waals surface area contributed by atoms with Gasteiger partial charge in [0.15, 0.2) is 0 Å². The zero-order valence-corrected chi connectivity index (χ0v) is 18.2. The number of H-pyrrole nitrogens is 1. The Morgan fingerprint density at radius 3 is 2.56 bits per heavy atom. The molecule has 164 valence electrons. The molecule has 1 aromatic heterocycles. The first-order chi connectivity index (χ1) is 15.7. The molecule has 0 saturated carbocycles. The van der Waals surface area contributed by atoms with Gasteiger partial charge in [0.2, 0.25) is 5.95 Å². The number of nitrogens with one attached hydrogen (secondary N) is 2. The quantitative estimate of drug-likeness (QED) is 0.251. The number of nitrogens with zero attached hydrogens (tertiary/aromatic N) is 3. The van der Waals surface area contributed by atoms with Gasteiger partial charge in [0.05, 0.1) is 18.5 Å². The van der Waals surface area contributed by atoms with Crippen molar-refractivity contribution in [2.24, 2.45) is 5.10 Å². The van der Waals surface area contributed by atoms with Gasteiger partial charge in [-0.25, -0.2) is 10.4 Å². The van der Waals surface area contributed by atoms with Crippen molar-refractivity contribution in [1.82, 2.24) is 9.97 Å². The van der Waals surface area contributed by atoms with Crippen LogP contribution in [0.2, 0.25) is 0 Å². The summed E-state index contributed by atoms with van der Waals surface area (Å²) in [5.41, 5.74) is 4.04. The third-order valence-electron chi connectivity index (χ3n) is 4.86. The zero-order chi connectivity index (χ0) is 22.6. The molecule has 0 unspecified atom stereocenters. The van der Waals surface area contributed by atoms with Crippen molar-refractivity contribution >= 4 is 12.2 Å². The van der Waals surface area contributed by atoms with Crippen molar-refractivity contribution in [2.45, 2.75) is 39.0 Å². The molecule has 1 heterocycles. The predicted octanol–water partition coefficient (Wildman–Crippen LogP) is 5.10. The molecule has 2 N–H and O–H groups in total. The van der Waals surface area contributed by atoms with E-state index in [-0.39, 0.29) is 11.5 Å². The van der Waals surface area contributed by atoms with Crippen molar-refractivity contribution in [3.63, 3.8) is 0 Å². The fraction of sp³-hybridized carbons (Fsp3) is 0.280. The van der Waals surface area contributed by atoms with Gasteiger partial charge >= 0.3 is 0 Å². The second-order valence-corrected chi connectivity index (χ2v) is 7.32. The molecule has 7 nitrogen and oxygen atoms in total. The highest BCUT2D eigenvalue weighted by Gasteiger charge is 2.12. The van der Waals surface area contributed by atoms with E-state index < -0.39 is 5.56 Å². The first-order valence-electron chi connectivity index (χ1n) is 10.8. The average molecular weight is 430 g/mol. The van der Waals surface area contributed by atoms with Crippen LogP contribution in [0.25, 0.3) is 11.3 Å². The molecule has 0 atom stereocenters. The van der Waals surface area contributed by atoms with Gasteiger partial charge in [-0.3, -0.25) is 9.78 Å². The van der Waals surface area contributed by atoms with E-state index in [9.17, 15) is 10.1 Å². The fourth-order valence-corrected chi connectivity index (χ4v) is 3.15. The minimum absolute atomic E-state index is 0.0355. The minimum Gasteiger partial charge on any atom is -0.494 e. The van der Waals surface area contributed by atoms with E-state index in [2.05, 4.69) is 27.4 Å². The van der Waals surface area contributed by atoms with Crippen molar-refractivity contribution < 1.29 is 4.74 Å². The van der Waals surface area contributed by atoms with Crippen molar-refractivity contribution in [3.8, 4) is 23.1 Å². The van der Waals surface area contributed by atoms with Crippen LogP contribution in [0, 0.1) is 11.3 Å². The van der Waals surface area contributed by atoms with Crippen molar-refractivity contribution in [3.05, 3.63) is 76.1 Å². The largest absolute Gasteiger partial charge is 0.494 e. The van der Waals surface area contributed by atoms with Crippen molar-refractivity contribution in [2.75, 3.05) is 12.0 Å². The number of aromatic nitrogens is 2. The monoisotopic (exact) mass is 429 g/mol. The van der Waals surface area contributed by atoms with Gasteiger partial charge in [-0.1, -0.05) is 62.9 Å². The van der Waals surface area contributed by atoms with E-state index in [1.165, 1.54) is 25.7 Å². The van der Waals surface area contributed by atoms with Crippen LogP contribution in [0.5, 0.6) is 5.75 Å². The number of rotatable bonds is 11. The van der Waals surface area contributed by atoms with Crippen molar-refractivity contribution in [1.29, 1.82) is 5.26 Å². The van der Waals surface area contributed by atoms with Crippen LogP contribution >= 0.6 is 0 Å². The summed E-state index contributed by atoms with van der Waals surface area (Å²) in [6.07, 6.45) is 7.66. The number of aromatic amines is 1. The number of unbranched alkanes of at least 4 members (excludes halogenated alkanes) is 4. The van der Waals surface area contributed by atoms with E-state index in [1.54, 1.807) is 18.3 Å². The maximum atomic E-state index is 12.3. The lowest BCUT2D eigenvalue weighted by Crippen LogP contribution is -2.16. The van der Waals surface area contributed by atoms with Gasteiger partial charge in [0.1, 0.15) is 17.4 Å². The first kappa shape index (κ1) is 22.8. The normalized spacial score (nSPS) is 10.8. The molecule has 0 radical (unpaired) electrons. The standard InChI is InChI=1S/C25H27N5O2/c1-2-3-4-5-9-16-32-21-14-12-19(13-15-21)18-27-30-25-28-23(20-10-7-6-8-11-20)22(17-26)24(31)29-25/h6-8,10-15,18H,2-5,9,16H2,1H3,(H2,28,29,30,31). The van der Waals surface area contributed by atoms with Gasteiger partial charge in [0.25, 0.3) is 5.56 Å². The van der Waals surface area contributed by atoms with Gasteiger partial charge < -0.3 is 4.74 Å². The molecule has 32 heavy (non-hydrogen) atoms. The first-order valence-corrected chi connectivity index (χ1v) is 10.8.